The van der Waals surface area contributed by atoms with Gasteiger partial charge in [-0.3, -0.25) is 4.90 Å². The van der Waals surface area contributed by atoms with Crippen LogP contribution < -0.4 is 5.73 Å². The molecule has 1 aliphatic carbocycles. The normalized spacial score (nSPS) is 26.7. The van der Waals surface area contributed by atoms with Crippen molar-refractivity contribution in [2.45, 2.75) is 64.0 Å². The molecule has 2 fully saturated rings. The molecule has 2 N–H and O–H groups in total. The number of likely N-dealkylation sites (N-methyl/N-ethyl adjacent to an activating group) is 1. The molecular weight excluding hydrogens is 224 g/mol. The van der Waals surface area contributed by atoms with E-state index in [4.69, 9.17) is 10.5 Å². The molecule has 1 unspecified atom stereocenters. The molecule has 0 radical (unpaired) electrons. The van der Waals surface area contributed by atoms with Gasteiger partial charge in [0.25, 0.3) is 0 Å². The molecule has 1 saturated heterocycles. The summed E-state index contributed by atoms with van der Waals surface area (Å²) in [6, 6.07) is 0.337. The quantitative estimate of drug-likeness (QED) is 0.819. The van der Waals surface area contributed by atoms with Crippen LogP contribution in [0.1, 0.15) is 52.4 Å². The topological polar surface area (TPSA) is 38.5 Å². The van der Waals surface area contributed by atoms with E-state index in [-0.39, 0.29) is 5.54 Å². The van der Waals surface area contributed by atoms with E-state index in [2.05, 4.69) is 18.7 Å². The van der Waals surface area contributed by atoms with E-state index in [9.17, 15) is 0 Å². The van der Waals surface area contributed by atoms with Crippen molar-refractivity contribution >= 4 is 0 Å². The van der Waals surface area contributed by atoms with Gasteiger partial charge >= 0.3 is 0 Å². The van der Waals surface area contributed by atoms with Gasteiger partial charge in [-0.15, -0.1) is 0 Å². The molecule has 3 heteroatoms. The standard InChI is InChI=1S/C15H30N2O/c1-3-17(4-2)15(9-5-6-10-15)14(16)13-7-11-18-12-8-13/h13-14H,3-12,16H2,1-2H3. The Kier molecular flexibility index (Phi) is 5.05. The number of ether oxygens (including phenoxy) is 1. The molecule has 3 nitrogen and oxygen atoms in total. The Hall–Kier alpha value is -0.120. The maximum atomic E-state index is 6.74. The lowest BCUT2D eigenvalue weighted by Crippen LogP contribution is -2.61. The fourth-order valence-electron chi connectivity index (χ4n) is 4.21. The number of nitrogens with two attached hydrogens (primary N) is 1. The van der Waals surface area contributed by atoms with Crippen LogP contribution in [0.5, 0.6) is 0 Å². The monoisotopic (exact) mass is 254 g/mol. The van der Waals surface area contributed by atoms with Crippen molar-refractivity contribution in [2.75, 3.05) is 26.3 Å². The van der Waals surface area contributed by atoms with Crippen molar-refractivity contribution in [2.24, 2.45) is 11.7 Å². The summed E-state index contributed by atoms with van der Waals surface area (Å²) < 4.78 is 5.49. The third-order valence-corrected chi connectivity index (χ3v) is 5.26. The maximum absolute atomic E-state index is 6.74. The molecule has 0 aromatic carbocycles. The lowest BCUT2D eigenvalue weighted by atomic mass is 9.76. The minimum atomic E-state index is 0.283. The summed E-state index contributed by atoms with van der Waals surface area (Å²) in [7, 11) is 0. The predicted molar refractivity (Wildman–Crippen MR) is 75.6 cm³/mol. The van der Waals surface area contributed by atoms with Gasteiger partial charge in [0.2, 0.25) is 0 Å². The molecule has 0 aromatic heterocycles. The molecule has 1 saturated carbocycles. The van der Waals surface area contributed by atoms with Crippen LogP contribution in [0.15, 0.2) is 0 Å². The van der Waals surface area contributed by atoms with Gasteiger partial charge in [-0.2, -0.15) is 0 Å². The van der Waals surface area contributed by atoms with Gasteiger partial charge in [0.15, 0.2) is 0 Å². The van der Waals surface area contributed by atoms with Crippen molar-refractivity contribution in [3.8, 4) is 0 Å². The van der Waals surface area contributed by atoms with Gasteiger partial charge in [0.05, 0.1) is 0 Å². The Morgan fingerprint density at radius 2 is 1.72 bits per heavy atom. The maximum Gasteiger partial charge on any atom is 0.0469 e. The van der Waals surface area contributed by atoms with Crippen LogP contribution in [-0.2, 0) is 4.74 Å². The summed E-state index contributed by atoms with van der Waals surface area (Å²) in [5.74, 6) is 0.664. The molecule has 0 amide bonds. The average Bonchev–Trinajstić information content (AvgIpc) is 2.91. The first-order valence-corrected chi connectivity index (χ1v) is 7.83. The van der Waals surface area contributed by atoms with E-state index in [1.807, 2.05) is 0 Å². The summed E-state index contributed by atoms with van der Waals surface area (Å²) in [6.45, 7) is 8.64. The molecule has 2 aliphatic rings. The summed E-state index contributed by atoms with van der Waals surface area (Å²) in [6.07, 6.45) is 7.62. The van der Waals surface area contributed by atoms with Gasteiger partial charge in [-0.1, -0.05) is 26.7 Å². The van der Waals surface area contributed by atoms with E-state index < -0.39 is 0 Å². The van der Waals surface area contributed by atoms with Gasteiger partial charge in [0, 0.05) is 24.8 Å². The van der Waals surface area contributed by atoms with E-state index in [1.54, 1.807) is 0 Å². The number of hydrogen-bond acceptors (Lipinski definition) is 3. The van der Waals surface area contributed by atoms with Crippen LogP contribution >= 0.6 is 0 Å². The van der Waals surface area contributed by atoms with Crippen LogP contribution in [0.2, 0.25) is 0 Å². The Morgan fingerprint density at radius 1 is 1.17 bits per heavy atom. The lowest BCUT2D eigenvalue weighted by Gasteiger charge is -2.48. The highest BCUT2D eigenvalue weighted by atomic mass is 16.5. The third kappa shape index (κ3) is 2.59. The summed E-state index contributed by atoms with van der Waals surface area (Å²) in [5, 5.41) is 0. The van der Waals surface area contributed by atoms with Gasteiger partial charge in [0.1, 0.15) is 0 Å². The molecule has 18 heavy (non-hydrogen) atoms. The second kappa shape index (κ2) is 6.36. The Balaban J connectivity index is 2.12. The highest BCUT2D eigenvalue weighted by Crippen LogP contribution is 2.41. The van der Waals surface area contributed by atoms with E-state index in [0.717, 1.165) is 39.1 Å². The van der Waals surface area contributed by atoms with Crippen molar-refractivity contribution in [3.63, 3.8) is 0 Å². The number of hydrogen-bond donors (Lipinski definition) is 1. The molecule has 1 aliphatic heterocycles. The molecule has 106 valence electrons. The van der Waals surface area contributed by atoms with Crippen LogP contribution in [0.25, 0.3) is 0 Å². The summed E-state index contributed by atoms with van der Waals surface area (Å²) in [4.78, 5) is 2.64. The molecule has 1 heterocycles. The summed E-state index contributed by atoms with van der Waals surface area (Å²) >= 11 is 0. The highest BCUT2D eigenvalue weighted by Gasteiger charge is 2.46. The second-order valence-electron chi connectivity index (χ2n) is 5.96. The zero-order valence-electron chi connectivity index (χ0n) is 12.2. The molecular formula is C15H30N2O. The van der Waals surface area contributed by atoms with Crippen molar-refractivity contribution in [1.82, 2.24) is 4.90 Å². The highest BCUT2D eigenvalue weighted by molar-refractivity contribution is 5.04. The first-order valence-electron chi connectivity index (χ1n) is 7.83. The number of nitrogens with zero attached hydrogens (tertiary/aromatic N) is 1. The van der Waals surface area contributed by atoms with Crippen LogP contribution in [0, 0.1) is 5.92 Å². The Morgan fingerprint density at radius 3 is 2.22 bits per heavy atom. The smallest absolute Gasteiger partial charge is 0.0469 e. The SMILES string of the molecule is CCN(CC)C1(C(N)C2CCOCC2)CCCC1. The Labute approximate surface area is 112 Å². The first kappa shape index (κ1) is 14.3. The van der Waals surface area contributed by atoms with Crippen molar-refractivity contribution in [3.05, 3.63) is 0 Å². The average molecular weight is 254 g/mol. The minimum Gasteiger partial charge on any atom is -0.381 e. The number of rotatable bonds is 5. The van der Waals surface area contributed by atoms with E-state index >= 15 is 0 Å². The largest absolute Gasteiger partial charge is 0.381 e. The zero-order valence-corrected chi connectivity index (χ0v) is 12.2. The Bertz CT molecular complexity index is 241. The second-order valence-corrected chi connectivity index (χ2v) is 5.96. The first-order chi connectivity index (χ1) is 8.74. The minimum absolute atomic E-state index is 0.283. The van der Waals surface area contributed by atoms with Crippen LogP contribution in [0.4, 0.5) is 0 Å². The molecule has 2 rings (SSSR count). The molecule has 0 bridgehead atoms. The van der Waals surface area contributed by atoms with Crippen LogP contribution in [-0.4, -0.2) is 42.8 Å². The molecule has 0 spiro atoms. The fourth-order valence-corrected chi connectivity index (χ4v) is 4.21. The lowest BCUT2D eigenvalue weighted by molar-refractivity contribution is 0.00794. The van der Waals surface area contributed by atoms with Crippen LogP contribution in [0.3, 0.4) is 0 Å². The third-order valence-electron chi connectivity index (χ3n) is 5.26. The predicted octanol–water partition coefficient (Wildman–Crippen LogP) is 2.39. The zero-order chi connectivity index (χ0) is 13.0. The fraction of sp³-hybridized carbons (Fsp3) is 1.00. The van der Waals surface area contributed by atoms with Gasteiger partial charge < -0.3 is 10.5 Å². The van der Waals surface area contributed by atoms with Gasteiger partial charge in [-0.05, 0) is 44.7 Å². The molecule has 1 atom stereocenters. The van der Waals surface area contributed by atoms with Gasteiger partial charge in [-0.25, -0.2) is 0 Å². The van der Waals surface area contributed by atoms with E-state index in [0.29, 0.717) is 12.0 Å². The van der Waals surface area contributed by atoms with E-state index in [1.165, 1.54) is 25.7 Å². The molecule has 0 aromatic rings. The van der Waals surface area contributed by atoms with Crippen molar-refractivity contribution in [1.29, 1.82) is 0 Å². The summed E-state index contributed by atoms with van der Waals surface area (Å²) in [5.41, 5.74) is 7.03. The van der Waals surface area contributed by atoms with Crippen molar-refractivity contribution < 1.29 is 4.74 Å².